The van der Waals surface area contributed by atoms with Gasteiger partial charge in [0.15, 0.2) is 25.4 Å². The van der Waals surface area contributed by atoms with E-state index in [2.05, 4.69) is 6.92 Å². The van der Waals surface area contributed by atoms with Crippen LogP contribution in [0.15, 0.2) is 0 Å². The van der Waals surface area contributed by atoms with Gasteiger partial charge in [-0.25, -0.2) is 0 Å². The van der Waals surface area contributed by atoms with Crippen LogP contribution in [-0.2, 0) is 4.57 Å². The van der Waals surface area contributed by atoms with Gasteiger partial charge >= 0.3 is 0 Å². The number of hydrogen-bond acceptors (Lipinski definition) is 1. The lowest BCUT2D eigenvalue weighted by atomic mass is 10.2. The van der Waals surface area contributed by atoms with E-state index in [1.807, 2.05) is 0 Å². The van der Waals surface area contributed by atoms with E-state index in [1.165, 1.54) is 12.8 Å². The minimum Gasteiger partial charge on any atom is -0.346 e. The Bertz CT molecular complexity index is 87.8. The Hall–Kier alpha value is 0.722. The summed E-state index contributed by atoms with van der Waals surface area (Å²) in [5, 5.41) is 0. The molecular formula is C6H18AlO2P. The Labute approximate surface area is 74.0 Å². The van der Waals surface area contributed by atoms with Gasteiger partial charge in [0, 0.05) is 6.16 Å². The summed E-state index contributed by atoms with van der Waals surface area (Å²) in [6.07, 6.45) is 4.92. The lowest BCUT2D eigenvalue weighted by molar-refractivity contribution is 0.499. The first kappa shape index (κ1) is 13.3. The van der Waals surface area contributed by atoms with E-state index in [-0.39, 0.29) is 17.4 Å². The van der Waals surface area contributed by atoms with Gasteiger partial charge in [0.05, 0.1) is 0 Å². The molecule has 0 saturated carbocycles. The van der Waals surface area contributed by atoms with Crippen LogP contribution in [0.1, 0.15) is 32.6 Å². The highest BCUT2D eigenvalue weighted by molar-refractivity contribution is 7.37. The Balaban J connectivity index is 0. The highest BCUT2D eigenvalue weighted by atomic mass is 31.1. The molecule has 0 bridgehead atoms. The molecule has 0 spiro atoms. The van der Waals surface area contributed by atoms with E-state index < -0.39 is 8.03 Å². The third-order valence-electron chi connectivity index (χ3n) is 1.24. The van der Waals surface area contributed by atoms with Crippen molar-refractivity contribution in [1.82, 2.24) is 0 Å². The summed E-state index contributed by atoms with van der Waals surface area (Å²) in [5.74, 6) is 0. The van der Waals surface area contributed by atoms with Crippen LogP contribution in [-0.4, -0.2) is 28.4 Å². The van der Waals surface area contributed by atoms with Crippen LogP contribution >= 0.6 is 8.03 Å². The summed E-state index contributed by atoms with van der Waals surface area (Å²) >= 11 is 0. The minimum absolute atomic E-state index is 0. The second-order valence-corrected chi connectivity index (χ2v) is 3.49. The Morgan fingerprint density at radius 3 is 2.30 bits per heavy atom. The van der Waals surface area contributed by atoms with E-state index in [0.29, 0.717) is 6.16 Å². The largest absolute Gasteiger partial charge is 0.346 e. The zero-order chi connectivity index (χ0) is 7.11. The van der Waals surface area contributed by atoms with Crippen LogP contribution in [0, 0.1) is 0 Å². The standard InChI is InChI=1S/C6H15O2P.Al.3H/c1-2-3-4-5-6-9(7)8;;;;/h9H,2-6H2,1H3,(H,7,8);;;;. The summed E-state index contributed by atoms with van der Waals surface area (Å²) in [5.41, 5.74) is 0. The van der Waals surface area contributed by atoms with Crippen molar-refractivity contribution in [3.63, 3.8) is 0 Å². The molecule has 0 amide bonds. The molecular weight excluding hydrogens is 162 g/mol. The van der Waals surface area contributed by atoms with Crippen molar-refractivity contribution in [2.45, 2.75) is 32.6 Å². The molecule has 0 aliphatic carbocycles. The van der Waals surface area contributed by atoms with Gasteiger partial charge in [0.25, 0.3) is 0 Å². The molecule has 4 heteroatoms. The fourth-order valence-corrected chi connectivity index (χ4v) is 1.26. The molecule has 0 aliphatic heterocycles. The first-order chi connectivity index (χ1) is 4.27. The zero-order valence-corrected chi connectivity index (χ0v) is 6.89. The van der Waals surface area contributed by atoms with E-state index >= 15 is 0 Å². The number of hydrogen-bond donors (Lipinski definition) is 1. The van der Waals surface area contributed by atoms with Gasteiger partial charge < -0.3 is 4.89 Å². The molecule has 0 aromatic heterocycles. The van der Waals surface area contributed by atoms with Gasteiger partial charge in [-0.05, 0) is 6.42 Å². The normalized spacial score (nSPS) is 12.2. The Morgan fingerprint density at radius 2 is 1.90 bits per heavy atom. The second-order valence-electron chi connectivity index (χ2n) is 2.20. The lowest BCUT2D eigenvalue weighted by Gasteiger charge is -1.93. The van der Waals surface area contributed by atoms with Crippen molar-refractivity contribution in [3.8, 4) is 0 Å². The molecule has 2 nitrogen and oxygen atoms in total. The maximum absolute atomic E-state index is 10.1. The van der Waals surface area contributed by atoms with Crippen molar-refractivity contribution >= 4 is 25.4 Å². The smallest absolute Gasteiger partial charge is 0.189 e. The SMILES string of the molecule is CCCCCC[PH](=O)O.[AlH3]. The van der Waals surface area contributed by atoms with Gasteiger partial charge in [-0.1, -0.05) is 26.2 Å². The van der Waals surface area contributed by atoms with E-state index in [4.69, 9.17) is 4.89 Å². The first-order valence-corrected chi connectivity index (χ1v) is 5.05. The highest BCUT2D eigenvalue weighted by Crippen LogP contribution is 2.15. The van der Waals surface area contributed by atoms with Crippen LogP contribution in [0.3, 0.4) is 0 Å². The molecule has 1 unspecified atom stereocenters. The highest BCUT2D eigenvalue weighted by Gasteiger charge is 1.91. The van der Waals surface area contributed by atoms with Crippen LogP contribution < -0.4 is 0 Å². The molecule has 1 atom stereocenters. The van der Waals surface area contributed by atoms with Crippen LogP contribution in [0.4, 0.5) is 0 Å². The maximum atomic E-state index is 10.1. The number of rotatable bonds is 5. The van der Waals surface area contributed by atoms with E-state index in [1.54, 1.807) is 0 Å². The maximum Gasteiger partial charge on any atom is 0.189 e. The van der Waals surface area contributed by atoms with Crippen molar-refractivity contribution < 1.29 is 9.46 Å². The average molecular weight is 180 g/mol. The van der Waals surface area contributed by atoms with Gasteiger partial charge in [-0.3, -0.25) is 4.57 Å². The van der Waals surface area contributed by atoms with Crippen LogP contribution in [0.5, 0.6) is 0 Å². The number of unbranched alkanes of at least 4 members (excludes halogenated alkanes) is 3. The summed E-state index contributed by atoms with van der Waals surface area (Å²) in [4.78, 5) is 8.40. The summed E-state index contributed by atoms with van der Waals surface area (Å²) in [7, 11) is -2.17. The van der Waals surface area contributed by atoms with Crippen molar-refractivity contribution in [1.29, 1.82) is 0 Å². The monoisotopic (exact) mass is 180 g/mol. The zero-order valence-electron chi connectivity index (χ0n) is 5.89. The fourth-order valence-electron chi connectivity index (χ4n) is 0.703. The molecule has 0 fully saturated rings. The van der Waals surface area contributed by atoms with Gasteiger partial charge in [0.1, 0.15) is 0 Å². The summed E-state index contributed by atoms with van der Waals surface area (Å²) in [6, 6.07) is 0. The molecule has 0 radical (unpaired) electrons. The van der Waals surface area contributed by atoms with Gasteiger partial charge in [0.2, 0.25) is 0 Å². The predicted molar refractivity (Wildman–Crippen MR) is 50.2 cm³/mol. The fraction of sp³-hybridized carbons (Fsp3) is 1.00. The van der Waals surface area contributed by atoms with Crippen LogP contribution in [0.2, 0.25) is 0 Å². The minimum atomic E-state index is -2.17. The average Bonchev–Trinajstić information content (AvgIpc) is 1.80. The van der Waals surface area contributed by atoms with Crippen molar-refractivity contribution in [2.75, 3.05) is 6.16 Å². The molecule has 62 valence electrons. The molecule has 0 heterocycles. The quantitative estimate of drug-likeness (QED) is 0.387. The lowest BCUT2D eigenvalue weighted by Crippen LogP contribution is -1.78. The topological polar surface area (TPSA) is 37.3 Å². The Kier molecular flexibility index (Phi) is 13.0. The third kappa shape index (κ3) is 11.5. The molecule has 0 saturated heterocycles. The Morgan fingerprint density at radius 1 is 1.30 bits per heavy atom. The van der Waals surface area contributed by atoms with E-state index in [0.717, 1.165) is 12.8 Å². The molecule has 0 rings (SSSR count). The van der Waals surface area contributed by atoms with Crippen LogP contribution in [0.25, 0.3) is 0 Å². The van der Waals surface area contributed by atoms with Gasteiger partial charge in [-0.2, -0.15) is 0 Å². The second kappa shape index (κ2) is 9.72. The first-order valence-electron chi connectivity index (χ1n) is 3.49. The third-order valence-corrected chi connectivity index (χ3v) is 2.03. The van der Waals surface area contributed by atoms with Crippen molar-refractivity contribution in [2.24, 2.45) is 0 Å². The predicted octanol–water partition coefficient (Wildman–Crippen LogP) is 0.850. The summed E-state index contributed by atoms with van der Waals surface area (Å²) < 4.78 is 10.1. The molecule has 10 heavy (non-hydrogen) atoms. The molecule has 1 N–H and O–H groups in total. The summed E-state index contributed by atoms with van der Waals surface area (Å²) in [6.45, 7) is 2.13. The van der Waals surface area contributed by atoms with Gasteiger partial charge in [-0.15, -0.1) is 0 Å². The van der Waals surface area contributed by atoms with Crippen molar-refractivity contribution in [3.05, 3.63) is 0 Å². The van der Waals surface area contributed by atoms with E-state index in [9.17, 15) is 4.57 Å². The molecule has 0 aromatic rings. The molecule has 0 aliphatic rings. The molecule has 0 aromatic carbocycles.